The maximum atomic E-state index is 13.5. The highest BCUT2D eigenvalue weighted by Crippen LogP contribution is 2.30. The zero-order chi connectivity index (χ0) is 25.3. The Morgan fingerprint density at radius 3 is 2.34 bits per heavy atom. The molecular formula is C25H26BrN3O5S. The third kappa shape index (κ3) is 7.38. The first kappa shape index (κ1) is 26.4. The summed E-state index contributed by atoms with van der Waals surface area (Å²) in [5, 5.41) is 3.95. The fourth-order valence-electron chi connectivity index (χ4n) is 3.23. The fraction of sp³-hybridized carbons (Fsp3) is 0.200. The van der Waals surface area contributed by atoms with Crippen molar-refractivity contribution in [3.63, 3.8) is 0 Å². The van der Waals surface area contributed by atoms with Crippen molar-refractivity contribution in [2.75, 3.05) is 27.3 Å². The summed E-state index contributed by atoms with van der Waals surface area (Å²) in [5.74, 6) is 0.123. The van der Waals surface area contributed by atoms with E-state index >= 15 is 0 Å². The summed E-state index contributed by atoms with van der Waals surface area (Å²) in [4.78, 5) is 12.6. The van der Waals surface area contributed by atoms with Gasteiger partial charge in [0, 0.05) is 17.1 Å². The van der Waals surface area contributed by atoms with Gasteiger partial charge in [0.25, 0.3) is 5.91 Å². The molecule has 184 valence electrons. The molecular weight excluding hydrogens is 534 g/mol. The molecule has 3 aromatic carbocycles. The van der Waals surface area contributed by atoms with Crippen LogP contribution in [0.1, 0.15) is 11.1 Å². The SMILES string of the molecule is COc1ccc(S(=O)(=O)N(CCc2ccccc2)CC(=O)NN=Cc2ccc(Br)cc2)cc1OC. The van der Waals surface area contributed by atoms with Crippen molar-refractivity contribution in [3.8, 4) is 11.5 Å². The number of amides is 1. The minimum Gasteiger partial charge on any atom is -0.493 e. The number of carbonyl (C=O) groups excluding carboxylic acids is 1. The number of sulfonamides is 1. The van der Waals surface area contributed by atoms with Gasteiger partial charge >= 0.3 is 0 Å². The normalized spacial score (nSPS) is 11.5. The van der Waals surface area contributed by atoms with Gasteiger partial charge in [0.1, 0.15) is 0 Å². The van der Waals surface area contributed by atoms with E-state index in [0.717, 1.165) is 19.9 Å². The van der Waals surface area contributed by atoms with E-state index in [-0.39, 0.29) is 17.2 Å². The lowest BCUT2D eigenvalue weighted by Gasteiger charge is -2.22. The van der Waals surface area contributed by atoms with Crippen molar-refractivity contribution in [1.82, 2.24) is 9.73 Å². The van der Waals surface area contributed by atoms with Crippen LogP contribution in [0.25, 0.3) is 0 Å². The number of methoxy groups -OCH3 is 2. The first-order chi connectivity index (χ1) is 16.8. The zero-order valence-corrected chi connectivity index (χ0v) is 21.8. The summed E-state index contributed by atoms with van der Waals surface area (Å²) in [7, 11) is -1.13. The number of nitrogens with one attached hydrogen (secondary N) is 1. The number of benzene rings is 3. The van der Waals surface area contributed by atoms with Gasteiger partial charge in [-0.1, -0.05) is 58.4 Å². The molecule has 35 heavy (non-hydrogen) atoms. The van der Waals surface area contributed by atoms with E-state index in [1.807, 2.05) is 54.6 Å². The maximum absolute atomic E-state index is 13.5. The third-order valence-corrected chi connectivity index (χ3v) is 7.45. The van der Waals surface area contributed by atoms with Crippen LogP contribution in [0.4, 0.5) is 0 Å². The topological polar surface area (TPSA) is 97.3 Å². The fourth-order valence-corrected chi connectivity index (χ4v) is 4.91. The first-order valence-corrected chi connectivity index (χ1v) is 12.9. The summed E-state index contributed by atoms with van der Waals surface area (Å²) >= 11 is 3.36. The third-order valence-electron chi connectivity index (χ3n) is 5.08. The Bertz CT molecular complexity index is 1270. The second kappa shape index (κ2) is 12.5. The maximum Gasteiger partial charge on any atom is 0.255 e. The van der Waals surface area contributed by atoms with E-state index < -0.39 is 22.5 Å². The van der Waals surface area contributed by atoms with Gasteiger partial charge in [-0.2, -0.15) is 9.41 Å². The van der Waals surface area contributed by atoms with E-state index in [2.05, 4.69) is 26.5 Å². The number of hydrogen-bond acceptors (Lipinski definition) is 6. The molecule has 0 aliphatic rings. The molecule has 0 spiro atoms. The van der Waals surface area contributed by atoms with Gasteiger partial charge in [0.05, 0.1) is 31.9 Å². The average molecular weight is 560 g/mol. The van der Waals surface area contributed by atoms with E-state index in [1.54, 1.807) is 0 Å². The summed E-state index contributed by atoms with van der Waals surface area (Å²) < 4.78 is 39.5. The van der Waals surface area contributed by atoms with Crippen molar-refractivity contribution in [1.29, 1.82) is 0 Å². The molecule has 0 saturated heterocycles. The Kier molecular flexibility index (Phi) is 9.41. The van der Waals surface area contributed by atoms with E-state index in [4.69, 9.17) is 9.47 Å². The van der Waals surface area contributed by atoms with Crippen LogP contribution in [0.3, 0.4) is 0 Å². The molecule has 0 aliphatic heterocycles. The minimum absolute atomic E-state index is 0.00521. The number of carbonyl (C=O) groups is 1. The van der Waals surface area contributed by atoms with Crippen LogP contribution in [-0.2, 0) is 21.2 Å². The van der Waals surface area contributed by atoms with Crippen molar-refractivity contribution < 1.29 is 22.7 Å². The molecule has 0 saturated carbocycles. The smallest absolute Gasteiger partial charge is 0.255 e. The highest BCUT2D eigenvalue weighted by Gasteiger charge is 2.27. The largest absolute Gasteiger partial charge is 0.493 e. The van der Waals surface area contributed by atoms with Gasteiger partial charge in [-0.05, 0) is 41.8 Å². The van der Waals surface area contributed by atoms with Crippen LogP contribution in [0.15, 0.2) is 87.3 Å². The van der Waals surface area contributed by atoms with Crippen LogP contribution in [0.5, 0.6) is 11.5 Å². The van der Waals surface area contributed by atoms with Crippen LogP contribution in [0, 0.1) is 0 Å². The van der Waals surface area contributed by atoms with E-state index in [0.29, 0.717) is 12.2 Å². The lowest BCUT2D eigenvalue weighted by molar-refractivity contribution is -0.121. The van der Waals surface area contributed by atoms with Crippen LogP contribution in [0.2, 0.25) is 0 Å². The van der Waals surface area contributed by atoms with E-state index in [1.165, 1.54) is 38.6 Å². The molecule has 3 aromatic rings. The monoisotopic (exact) mass is 559 g/mol. The predicted octanol–water partition coefficient (Wildman–Crippen LogP) is 3.85. The van der Waals surface area contributed by atoms with Crippen LogP contribution in [-0.4, -0.2) is 52.2 Å². The molecule has 0 atom stereocenters. The highest BCUT2D eigenvalue weighted by molar-refractivity contribution is 9.10. The second-order valence-electron chi connectivity index (χ2n) is 7.44. The van der Waals surface area contributed by atoms with Gasteiger partial charge in [-0.25, -0.2) is 13.8 Å². The van der Waals surface area contributed by atoms with Gasteiger partial charge in [-0.15, -0.1) is 0 Å². The van der Waals surface area contributed by atoms with Crippen molar-refractivity contribution in [2.24, 2.45) is 5.10 Å². The Morgan fingerprint density at radius 2 is 1.69 bits per heavy atom. The number of rotatable bonds is 11. The van der Waals surface area contributed by atoms with Crippen molar-refractivity contribution in [3.05, 3.63) is 88.4 Å². The van der Waals surface area contributed by atoms with Gasteiger partial charge in [0.15, 0.2) is 11.5 Å². The average Bonchev–Trinajstić information content (AvgIpc) is 2.87. The van der Waals surface area contributed by atoms with Gasteiger partial charge in [0.2, 0.25) is 10.0 Å². The van der Waals surface area contributed by atoms with Gasteiger partial charge in [-0.3, -0.25) is 4.79 Å². The predicted molar refractivity (Wildman–Crippen MR) is 138 cm³/mol. The summed E-state index contributed by atoms with van der Waals surface area (Å²) in [6, 6.07) is 21.1. The highest BCUT2D eigenvalue weighted by atomic mass is 79.9. The van der Waals surface area contributed by atoms with Crippen molar-refractivity contribution in [2.45, 2.75) is 11.3 Å². The Labute approximate surface area is 213 Å². The summed E-state index contributed by atoms with van der Waals surface area (Å²) in [6.07, 6.45) is 1.92. The number of hydrogen-bond donors (Lipinski definition) is 1. The standard InChI is InChI=1S/C25H26BrN3O5S/c1-33-23-13-12-22(16-24(23)34-2)35(31,32)29(15-14-19-6-4-3-5-7-19)18-25(30)28-27-17-20-8-10-21(26)11-9-20/h3-13,16-17H,14-15,18H2,1-2H3,(H,28,30). The number of nitrogens with zero attached hydrogens (tertiary/aromatic N) is 2. The van der Waals surface area contributed by atoms with Crippen molar-refractivity contribution >= 4 is 38.1 Å². The zero-order valence-electron chi connectivity index (χ0n) is 19.3. The molecule has 0 heterocycles. The Morgan fingerprint density at radius 1 is 1.00 bits per heavy atom. The molecule has 0 bridgehead atoms. The first-order valence-electron chi connectivity index (χ1n) is 10.7. The summed E-state index contributed by atoms with van der Waals surface area (Å²) in [5.41, 5.74) is 4.14. The molecule has 0 fully saturated rings. The molecule has 1 amide bonds. The second-order valence-corrected chi connectivity index (χ2v) is 10.3. The summed E-state index contributed by atoms with van der Waals surface area (Å²) in [6.45, 7) is -0.300. The van der Waals surface area contributed by atoms with Gasteiger partial charge < -0.3 is 9.47 Å². The van der Waals surface area contributed by atoms with Crippen LogP contribution < -0.4 is 14.9 Å². The number of ether oxygens (including phenoxy) is 2. The Balaban J connectivity index is 1.79. The number of halogens is 1. The molecule has 0 unspecified atom stereocenters. The molecule has 0 aromatic heterocycles. The molecule has 0 aliphatic carbocycles. The molecule has 3 rings (SSSR count). The Hall–Kier alpha value is -3.21. The molecule has 1 N–H and O–H groups in total. The molecule has 0 radical (unpaired) electrons. The molecule has 10 heteroatoms. The van der Waals surface area contributed by atoms with E-state index in [9.17, 15) is 13.2 Å². The lowest BCUT2D eigenvalue weighted by atomic mass is 10.1. The quantitative estimate of drug-likeness (QED) is 0.284. The minimum atomic E-state index is -4.03. The lowest BCUT2D eigenvalue weighted by Crippen LogP contribution is -2.40. The number of hydrazone groups is 1. The van der Waals surface area contributed by atoms with Crippen LogP contribution >= 0.6 is 15.9 Å². The molecule has 8 nitrogen and oxygen atoms in total.